The Balaban J connectivity index is 0.000000180. The van der Waals surface area contributed by atoms with E-state index in [9.17, 15) is 0 Å². The van der Waals surface area contributed by atoms with Gasteiger partial charge in [0.05, 0.1) is 143 Å². The van der Waals surface area contributed by atoms with Crippen LogP contribution in [0, 0.1) is 0 Å². The smallest absolute Gasteiger partial charge is 0.124 e. The van der Waals surface area contributed by atoms with Crippen molar-refractivity contribution in [3.05, 3.63) is 165 Å². The van der Waals surface area contributed by atoms with Gasteiger partial charge in [0.1, 0.15) is 34.5 Å². The van der Waals surface area contributed by atoms with Crippen LogP contribution in [0.3, 0.4) is 0 Å². The number of anilines is 6. The number of benzene rings is 6. The van der Waals surface area contributed by atoms with E-state index in [-0.39, 0.29) is 32.5 Å². The van der Waals surface area contributed by atoms with Crippen LogP contribution in [0.4, 0.5) is 34.1 Å². The van der Waals surface area contributed by atoms with Crippen LogP contribution in [-0.4, -0.2) is 164 Å². The number of aromatic nitrogens is 12. The van der Waals surface area contributed by atoms with Gasteiger partial charge in [-0.1, -0.05) is 28.7 Å². The average Bonchev–Trinajstić information content (AvgIpc) is 1.25. The van der Waals surface area contributed by atoms with Crippen molar-refractivity contribution >= 4 is 78.8 Å². The van der Waals surface area contributed by atoms with Crippen LogP contribution in [0.2, 0.25) is 0 Å². The van der Waals surface area contributed by atoms with Crippen molar-refractivity contribution in [1.29, 1.82) is 0 Å². The highest BCUT2D eigenvalue weighted by Crippen LogP contribution is 2.39. The Hall–Kier alpha value is -10.7. The molecular formula is C79H98ClN17O7. The van der Waals surface area contributed by atoms with Crippen molar-refractivity contribution in [2.75, 3.05) is 96.1 Å². The summed E-state index contributed by atoms with van der Waals surface area (Å²) in [5.74, 6) is 5.03. The maximum atomic E-state index is 5.94. The van der Waals surface area contributed by atoms with Gasteiger partial charge in [0.25, 0.3) is 0 Å². The number of rotatable bonds is 25. The van der Waals surface area contributed by atoms with E-state index < -0.39 is 0 Å². The molecule has 548 valence electrons. The maximum absolute atomic E-state index is 5.94. The van der Waals surface area contributed by atoms with Gasteiger partial charge in [-0.05, 0) is 88.2 Å². The van der Waals surface area contributed by atoms with Crippen molar-refractivity contribution in [2.45, 2.75) is 86.0 Å². The second kappa shape index (κ2) is 35.5. The molecule has 0 bridgehead atoms. The van der Waals surface area contributed by atoms with E-state index in [1.807, 2.05) is 113 Å². The van der Waals surface area contributed by atoms with Crippen LogP contribution >= 0.6 is 11.6 Å². The minimum Gasteiger partial charge on any atom is -0.497 e. The predicted molar refractivity (Wildman–Crippen MR) is 418 cm³/mol. The number of hydrogen-bond acceptors (Lipinski definition) is 21. The Labute approximate surface area is 615 Å². The minimum absolute atomic E-state index is 0. The molecule has 1 aliphatic rings. The SMILES string of the molecule is C.C.COc1cc(OC)cc(N(CC(C)NC(C)C)c2ccc3ncc(-c4cnn(C)c4)nc3c2)c1.COc1cc(OC)cc(N(CC2COCC(C)(C)N2)c2ccc3ncc(-c4cnn(C)c4)nc3c2)c1.COc1cc(OC)cc(N(CCCCCl)c2ccc3ncc(-c4cnn(C)c4)nc3c2)c1. The Bertz CT molecular complexity index is 4730. The lowest BCUT2D eigenvalue weighted by molar-refractivity contribution is 0.0157. The first kappa shape index (κ1) is 77.5. The lowest BCUT2D eigenvalue weighted by Crippen LogP contribution is -2.58. The first-order valence-corrected chi connectivity index (χ1v) is 34.3. The van der Waals surface area contributed by atoms with Gasteiger partial charge in [0, 0.05) is 194 Å². The Morgan fingerprint density at radius 1 is 0.490 bits per heavy atom. The molecule has 6 aromatic carbocycles. The van der Waals surface area contributed by atoms with Crippen LogP contribution in [-0.2, 0) is 25.9 Å². The summed E-state index contributed by atoms with van der Waals surface area (Å²) in [6, 6.07) is 36.9. The van der Waals surface area contributed by atoms with E-state index in [2.05, 4.69) is 127 Å². The fourth-order valence-electron chi connectivity index (χ4n) is 12.2. The zero-order valence-corrected chi connectivity index (χ0v) is 61.2. The molecule has 2 N–H and O–H groups in total. The van der Waals surface area contributed by atoms with Crippen molar-refractivity contribution in [3.8, 4) is 68.3 Å². The van der Waals surface area contributed by atoms with E-state index in [0.29, 0.717) is 31.7 Å². The Morgan fingerprint density at radius 2 is 0.856 bits per heavy atom. The molecule has 0 amide bonds. The van der Waals surface area contributed by atoms with Crippen LogP contribution in [0.1, 0.15) is 62.3 Å². The van der Waals surface area contributed by atoms with Crippen LogP contribution in [0.5, 0.6) is 34.5 Å². The molecule has 0 saturated carbocycles. The predicted octanol–water partition coefficient (Wildman–Crippen LogP) is 15.0. The third-order valence-electron chi connectivity index (χ3n) is 17.1. The molecular weight excluding hydrogens is 1330 g/mol. The van der Waals surface area contributed by atoms with E-state index >= 15 is 0 Å². The van der Waals surface area contributed by atoms with E-state index in [4.69, 9.17) is 59.7 Å². The molecule has 0 spiro atoms. The van der Waals surface area contributed by atoms with Crippen LogP contribution < -0.4 is 53.8 Å². The maximum Gasteiger partial charge on any atom is 0.124 e. The number of halogens is 1. The molecule has 1 saturated heterocycles. The molecule has 13 rings (SSSR count). The molecule has 1 aliphatic heterocycles. The lowest BCUT2D eigenvalue weighted by Gasteiger charge is -2.39. The van der Waals surface area contributed by atoms with Gasteiger partial charge in [0.15, 0.2) is 0 Å². The number of nitrogens with one attached hydrogen (secondary N) is 2. The molecule has 24 nitrogen and oxygen atoms in total. The molecule has 12 aromatic rings. The van der Waals surface area contributed by atoms with E-state index in [0.717, 1.165) is 161 Å². The molecule has 25 heteroatoms. The second-order valence-corrected chi connectivity index (χ2v) is 26.3. The molecule has 2 unspecified atom stereocenters. The van der Waals surface area contributed by atoms with Crippen molar-refractivity contribution < 1.29 is 33.2 Å². The molecule has 6 aromatic heterocycles. The van der Waals surface area contributed by atoms with Crippen molar-refractivity contribution in [2.24, 2.45) is 21.1 Å². The average molecular weight is 1430 g/mol. The summed E-state index contributed by atoms with van der Waals surface area (Å²) in [4.78, 5) is 35.2. The topological polar surface area (TPSA) is 229 Å². The fraction of sp³-hybridized carbons (Fsp3) is 0.354. The van der Waals surface area contributed by atoms with Gasteiger partial charge < -0.3 is 58.5 Å². The highest BCUT2D eigenvalue weighted by atomic mass is 35.5. The number of unbranched alkanes of at least 4 members (excludes halogenated alkanes) is 1. The highest BCUT2D eigenvalue weighted by Gasteiger charge is 2.30. The standard InChI is InChI=1S/C27H32N6O3.C26H32N6O2.C24H26ClN5O2.2CH4/c1-27(2)17-36-16-19(31-27)15-33(21-8-22(34-4)11-23(9-21)35-5)20-6-7-24-25(10-20)30-26(13-28-24)18-12-29-32(3)14-18;1-17(2)29-18(3)15-32(21-9-22(33-5)12-23(10-21)34-6)20-7-8-24-25(11-20)30-26(14-27-24)19-13-28-31(4)16-19;1-29-16-17(14-27-29)24-15-26-22-7-6-18(12-23(22)28-24)30(9-5-4-8-25)19-10-20(31-2)13-21(11-19)32-3;;/h6-14,19,31H,15-17H2,1-5H3;7-14,16-18,29H,15H2,1-6H3;6-7,10-16H,4-5,8-9H2,1-3H3;2*1H4. The summed E-state index contributed by atoms with van der Waals surface area (Å²) in [7, 11) is 15.6. The quantitative estimate of drug-likeness (QED) is 0.0400. The van der Waals surface area contributed by atoms with Gasteiger partial charge in [0.2, 0.25) is 0 Å². The van der Waals surface area contributed by atoms with Crippen LogP contribution in [0.25, 0.3) is 66.9 Å². The number of morpholine rings is 1. The summed E-state index contributed by atoms with van der Waals surface area (Å²) < 4.78 is 44.4. The largest absolute Gasteiger partial charge is 0.497 e. The molecule has 0 radical (unpaired) electrons. The number of nitrogens with zero attached hydrogens (tertiary/aromatic N) is 15. The lowest BCUT2D eigenvalue weighted by atomic mass is 10.0. The summed E-state index contributed by atoms with van der Waals surface area (Å²) in [5, 5.41) is 20.1. The summed E-state index contributed by atoms with van der Waals surface area (Å²) in [5.41, 5.74) is 15.9. The molecule has 0 aliphatic carbocycles. The number of ether oxygens (including phenoxy) is 7. The fourth-order valence-corrected chi connectivity index (χ4v) is 12.4. The van der Waals surface area contributed by atoms with Gasteiger partial charge in [-0.3, -0.25) is 29.0 Å². The van der Waals surface area contributed by atoms with Gasteiger partial charge >= 0.3 is 0 Å². The zero-order valence-electron chi connectivity index (χ0n) is 60.4. The Morgan fingerprint density at radius 3 is 1.20 bits per heavy atom. The Kier molecular flexibility index (Phi) is 26.4. The van der Waals surface area contributed by atoms with E-state index in [1.165, 1.54) is 0 Å². The molecule has 1 fully saturated rings. The number of alkyl halides is 1. The van der Waals surface area contributed by atoms with Gasteiger partial charge in [-0.2, -0.15) is 15.3 Å². The number of methoxy groups -OCH3 is 6. The van der Waals surface area contributed by atoms with Gasteiger partial charge in [-0.15, -0.1) is 11.6 Å². The third-order valence-corrected chi connectivity index (χ3v) is 17.3. The summed E-state index contributed by atoms with van der Waals surface area (Å²) >= 11 is 5.94. The summed E-state index contributed by atoms with van der Waals surface area (Å²) in [6.07, 6.45) is 18.4. The zero-order chi connectivity index (χ0) is 72.0. The first-order valence-electron chi connectivity index (χ1n) is 33.8. The van der Waals surface area contributed by atoms with Crippen molar-refractivity contribution in [1.82, 2.24) is 69.9 Å². The first-order chi connectivity index (χ1) is 49.3. The van der Waals surface area contributed by atoms with E-state index in [1.54, 1.807) is 93.9 Å². The second-order valence-electron chi connectivity index (χ2n) is 25.9. The summed E-state index contributed by atoms with van der Waals surface area (Å²) in [6.45, 7) is 14.3. The van der Waals surface area contributed by atoms with Crippen molar-refractivity contribution in [3.63, 3.8) is 0 Å². The van der Waals surface area contributed by atoms with Gasteiger partial charge in [-0.25, -0.2) is 15.0 Å². The van der Waals surface area contributed by atoms with Crippen LogP contribution in [0.15, 0.2) is 165 Å². The molecule has 7 heterocycles. The third kappa shape index (κ3) is 19.5. The highest BCUT2D eigenvalue weighted by molar-refractivity contribution is 6.17. The number of aryl methyl sites for hydroxylation is 3. The normalized spacial score (nSPS) is 13.3. The molecule has 104 heavy (non-hydrogen) atoms. The number of fused-ring (bicyclic) bond motifs is 3. The number of hydrogen-bond donors (Lipinski definition) is 2. The molecule has 2 atom stereocenters. The monoisotopic (exact) mass is 1430 g/mol. The minimum atomic E-state index is -0.103.